The van der Waals surface area contributed by atoms with E-state index in [4.69, 9.17) is 5.73 Å². The first-order chi connectivity index (χ1) is 13.1. The summed E-state index contributed by atoms with van der Waals surface area (Å²) in [4.78, 5) is 27.3. The van der Waals surface area contributed by atoms with Crippen LogP contribution in [-0.4, -0.2) is 30.2 Å². The predicted molar refractivity (Wildman–Crippen MR) is 109 cm³/mol. The zero-order valence-corrected chi connectivity index (χ0v) is 15.9. The lowest BCUT2D eigenvalue weighted by molar-refractivity contribution is -0.122. The van der Waals surface area contributed by atoms with E-state index < -0.39 is 0 Å². The van der Waals surface area contributed by atoms with Crippen LogP contribution in [0.25, 0.3) is 0 Å². The van der Waals surface area contributed by atoms with Crippen LogP contribution >= 0.6 is 11.8 Å². The Balaban J connectivity index is 1.33. The van der Waals surface area contributed by atoms with Crippen molar-refractivity contribution < 1.29 is 9.59 Å². The van der Waals surface area contributed by atoms with Gasteiger partial charge in [0.2, 0.25) is 11.8 Å². The number of amides is 2. The van der Waals surface area contributed by atoms with Crippen LogP contribution in [0.4, 0.5) is 11.4 Å². The smallest absolute Gasteiger partial charge is 0.238 e. The van der Waals surface area contributed by atoms with Crippen molar-refractivity contribution in [2.45, 2.75) is 29.4 Å². The van der Waals surface area contributed by atoms with Crippen LogP contribution in [0.1, 0.15) is 18.4 Å². The van der Waals surface area contributed by atoms with Crippen molar-refractivity contribution in [1.29, 1.82) is 0 Å². The fourth-order valence-corrected chi connectivity index (χ4v) is 4.92. The van der Waals surface area contributed by atoms with Crippen molar-refractivity contribution in [1.82, 2.24) is 0 Å². The topological polar surface area (TPSA) is 75.4 Å². The van der Waals surface area contributed by atoms with Gasteiger partial charge in [-0.05, 0) is 55.2 Å². The van der Waals surface area contributed by atoms with Crippen molar-refractivity contribution in [3.05, 3.63) is 54.1 Å². The minimum Gasteiger partial charge on any atom is -0.371 e. The quantitative estimate of drug-likeness (QED) is 0.854. The molecule has 6 heteroatoms. The number of nitrogens with two attached hydrogens (primary N) is 1. The summed E-state index contributed by atoms with van der Waals surface area (Å²) in [5, 5.41) is 2.96. The van der Waals surface area contributed by atoms with E-state index in [-0.39, 0.29) is 23.0 Å². The first kappa shape index (κ1) is 17.9. The number of thioether (sulfide) groups is 1. The number of nitrogens with zero attached hydrogens (tertiary/aromatic N) is 1. The number of carbonyl (C=O) groups excluding carboxylic acids is 2. The summed E-state index contributed by atoms with van der Waals surface area (Å²) < 4.78 is 0. The fraction of sp³-hybridized carbons (Fsp3) is 0.333. The Bertz CT molecular complexity index is 820. The first-order valence-corrected chi connectivity index (χ1v) is 10.2. The molecule has 0 bridgehead atoms. The van der Waals surface area contributed by atoms with Crippen molar-refractivity contribution in [3.63, 3.8) is 0 Å². The highest BCUT2D eigenvalue weighted by molar-refractivity contribution is 8.01. The number of piperidine rings is 1. The molecule has 2 aliphatic heterocycles. The largest absolute Gasteiger partial charge is 0.371 e. The van der Waals surface area contributed by atoms with Gasteiger partial charge in [-0.2, -0.15) is 0 Å². The Labute approximate surface area is 163 Å². The summed E-state index contributed by atoms with van der Waals surface area (Å²) in [5.41, 5.74) is 8.57. The van der Waals surface area contributed by atoms with Gasteiger partial charge >= 0.3 is 0 Å². The normalized spacial score (nSPS) is 19.6. The van der Waals surface area contributed by atoms with Crippen LogP contribution in [0.5, 0.6) is 0 Å². The monoisotopic (exact) mass is 381 g/mol. The molecule has 2 aromatic rings. The van der Waals surface area contributed by atoms with Crippen molar-refractivity contribution in [2.24, 2.45) is 11.7 Å². The molecule has 2 aliphatic rings. The van der Waals surface area contributed by atoms with Crippen LogP contribution < -0.4 is 16.0 Å². The lowest BCUT2D eigenvalue weighted by Crippen LogP contribution is -2.38. The molecule has 1 unspecified atom stereocenters. The second-order valence-electron chi connectivity index (χ2n) is 7.12. The second-order valence-corrected chi connectivity index (χ2v) is 8.36. The summed E-state index contributed by atoms with van der Waals surface area (Å²) in [6.07, 6.45) is 2.38. The molecule has 2 amide bonds. The van der Waals surface area contributed by atoms with E-state index in [9.17, 15) is 9.59 Å². The van der Waals surface area contributed by atoms with Crippen LogP contribution in [0, 0.1) is 5.92 Å². The fourth-order valence-electron chi connectivity index (χ4n) is 3.73. The number of carbonyl (C=O) groups is 2. The van der Waals surface area contributed by atoms with Gasteiger partial charge in [0.1, 0.15) is 0 Å². The van der Waals surface area contributed by atoms with Gasteiger partial charge in [0, 0.05) is 35.3 Å². The number of rotatable bonds is 4. The van der Waals surface area contributed by atoms with E-state index >= 15 is 0 Å². The maximum atomic E-state index is 12.6. The molecular weight excluding hydrogens is 358 g/mol. The molecule has 5 nitrogen and oxygen atoms in total. The van der Waals surface area contributed by atoms with Gasteiger partial charge in [-0.1, -0.05) is 18.2 Å². The minimum atomic E-state index is -0.195. The molecule has 2 aromatic carbocycles. The highest BCUT2D eigenvalue weighted by Crippen LogP contribution is 2.37. The molecule has 27 heavy (non-hydrogen) atoms. The molecule has 1 saturated heterocycles. The molecule has 0 spiro atoms. The number of nitrogens with one attached hydrogen (secondary N) is 1. The molecule has 3 N–H and O–H groups in total. The minimum absolute atomic E-state index is 0.00662. The molecular formula is C21H23N3O2S. The molecule has 0 radical (unpaired) electrons. The number of hydrogen-bond acceptors (Lipinski definition) is 4. The van der Waals surface area contributed by atoms with Gasteiger partial charge in [-0.3, -0.25) is 9.59 Å². The lowest BCUT2D eigenvalue weighted by atomic mass is 9.96. The third kappa shape index (κ3) is 3.95. The van der Waals surface area contributed by atoms with Crippen LogP contribution in [0.2, 0.25) is 0 Å². The van der Waals surface area contributed by atoms with E-state index in [1.807, 2.05) is 36.4 Å². The molecule has 1 atom stereocenters. The van der Waals surface area contributed by atoms with E-state index in [0.29, 0.717) is 0 Å². The second kappa shape index (κ2) is 7.64. The molecule has 0 aliphatic carbocycles. The summed E-state index contributed by atoms with van der Waals surface area (Å²) in [6.45, 7) is 1.66. The third-order valence-electron chi connectivity index (χ3n) is 5.34. The Morgan fingerprint density at radius 3 is 2.41 bits per heavy atom. The zero-order chi connectivity index (χ0) is 18.8. The summed E-state index contributed by atoms with van der Waals surface area (Å²) in [7, 11) is 0. The van der Waals surface area contributed by atoms with Gasteiger partial charge in [-0.25, -0.2) is 0 Å². The maximum Gasteiger partial charge on any atom is 0.238 e. The summed E-state index contributed by atoms with van der Waals surface area (Å²) in [6, 6.07) is 16.1. The number of anilines is 2. The first-order valence-electron chi connectivity index (χ1n) is 9.30. The van der Waals surface area contributed by atoms with Gasteiger partial charge in [0.05, 0.1) is 5.25 Å². The van der Waals surface area contributed by atoms with Crippen LogP contribution in [-0.2, 0) is 16.0 Å². The van der Waals surface area contributed by atoms with Gasteiger partial charge in [-0.15, -0.1) is 11.8 Å². The average molecular weight is 382 g/mol. The van der Waals surface area contributed by atoms with Gasteiger partial charge in [0.15, 0.2) is 0 Å². The van der Waals surface area contributed by atoms with Gasteiger partial charge in [0.25, 0.3) is 0 Å². The Kier molecular flexibility index (Phi) is 5.07. The maximum absolute atomic E-state index is 12.6. The summed E-state index contributed by atoms with van der Waals surface area (Å²) in [5.74, 6) is -0.154. The van der Waals surface area contributed by atoms with E-state index in [2.05, 4.69) is 22.3 Å². The highest BCUT2D eigenvalue weighted by atomic mass is 32.2. The number of benzene rings is 2. The zero-order valence-electron chi connectivity index (χ0n) is 15.1. The number of primary amides is 1. The molecule has 1 fully saturated rings. The highest BCUT2D eigenvalue weighted by Gasteiger charge is 2.28. The molecule has 4 rings (SSSR count). The van der Waals surface area contributed by atoms with Gasteiger partial charge < -0.3 is 16.0 Å². The molecule has 140 valence electrons. The summed E-state index contributed by atoms with van der Waals surface area (Å²) >= 11 is 1.63. The molecule has 0 saturated carbocycles. The van der Waals surface area contributed by atoms with Crippen molar-refractivity contribution in [3.8, 4) is 0 Å². The standard InChI is InChI=1S/C21H23N3O2S/c22-20(25)14-9-11-24(12-10-14)17-7-5-16(6-8-17)23-21(26)19-13-15-3-1-2-4-18(15)27-19/h1-8,14,19H,9-13H2,(H2,22,25)(H,23,26). The van der Waals surface area contributed by atoms with E-state index in [1.54, 1.807) is 11.8 Å². The Morgan fingerprint density at radius 2 is 1.74 bits per heavy atom. The lowest BCUT2D eigenvalue weighted by Gasteiger charge is -2.32. The Hall–Kier alpha value is -2.47. The predicted octanol–water partition coefficient (Wildman–Crippen LogP) is 3.04. The molecule has 2 heterocycles. The van der Waals surface area contributed by atoms with Crippen LogP contribution in [0.3, 0.4) is 0 Å². The van der Waals surface area contributed by atoms with Crippen molar-refractivity contribution >= 4 is 35.0 Å². The Morgan fingerprint density at radius 1 is 1.04 bits per heavy atom. The third-order valence-corrected chi connectivity index (χ3v) is 6.65. The van der Waals surface area contributed by atoms with Crippen LogP contribution in [0.15, 0.2) is 53.4 Å². The number of fused-ring (bicyclic) bond motifs is 1. The van der Waals surface area contributed by atoms with E-state index in [0.717, 1.165) is 43.7 Å². The average Bonchev–Trinajstić information content (AvgIpc) is 3.13. The van der Waals surface area contributed by atoms with Crippen molar-refractivity contribution in [2.75, 3.05) is 23.3 Å². The molecule has 0 aromatic heterocycles. The SMILES string of the molecule is NC(=O)C1CCN(c2ccc(NC(=O)C3Cc4ccccc4S3)cc2)CC1. The number of hydrogen-bond donors (Lipinski definition) is 2. The van der Waals surface area contributed by atoms with E-state index in [1.165, 1.54) is 10.5 Å².